The summed E-state index contributed by atoms with van der Waals surface area (Å²) in [5, 5.41) is 0. The molecule has 2 amide bonds. The van der Waals surface area contributed by atoms with Crippen molar-refractivity contribution < 1.29 is 9.59 Å². The first kappa shape index (κ1) is 16.0. The zero-order valence-corrected chi connectivity index (χ0v) is 13.6. The highest BCUT2D eigenvalue weighted by Crippen LogP contribution is 2.29. The van der Waals surface area contributed by atoms with Crippen LogP contribution in [0.3, 0.4) is 0 Å². The molecule has 1 aromatic rings. The number of nitrogens with two attached hydrogens (primary N) is 1. The van der Waals surface area contributed by atoms with Gasteiger partial charge < -0.3 is 15.5 Å². The number of hydrogen-bond acceptors (Lipinski definition) is 3. The number of nitrogens with zero attached hydrogens (tertiary/aromatic N) is 2. The Hall–Kier alpha value is -1.88. The molecule has 3 unspecified atom stereocenters. The number of carbonyl (C=O) groups excluding carboxylic acids is 2. The maximum atomic E-state index is 12.7. The topological polar surface area (TPSA) is 66.6 Å². The average Bonchev–Trinajstić information content (AvgIpc) is 2.96. The van der Waals surface area contributed by atoms with E-state index in [0.717, 1.165) is 24.9 Å². The molecule has 5 nitrogen and oxygen atoms in total. The second-order valence-electron chi connectivity index (χ2n) is 6.72. The lowest BCUT2D eigenvalue weighted by atomic mass is 10.0. The minimum Gasteiger partial charge on any atom is -0.341 e. The number of amides is 2. The van der Waals surface area contributed by atoms with E-state index in [1.807, 2.05) is 47.1 Å². The molecule has 0 saturated carbocycles. The Balaban J connectivity index is 1.66. The van der Waals surface area contributed by atoms with Gasteiger partial charge in [0.05, 0.1) is 12.0 Å². The van der Waals surface area contributed by atoms with Crippen LogP contribution in [0.5, 0.6) is 0 Å². The highest BCUT2D eigenvalue weighted by atomic mass is 16.2. The Labute approximate surface area is 137 Å². The summed E-state index contributed by atoms with van der Waals surface area (Å²) in [7, 11) is 0. The monoisotopic (exact) mass is 315 g/mol. The molecule has 2 aliphatic heterocycles. The van der Waals surface area contributed by atoms with Gasteiger partial charge in [-0.15, -0.1) is 0 Å². The van der Waals surface area contributed by atoms with E-state index < -0.39 is 0 Å². The van der Waals surface area contributed by atoms with Crippen LogP contribution in [0.25, 0.3) is 0 Å². The Bertz CT molecular complexity index is 575. The largest absolute Gasteiger partial charge is 0.341 e. The molecular formula is C18H25N3O2. The lowest BCUT2D eigenvalue weighted by Gasteiger charge is -2.32. The first-order chi connectivity index (χ1) is 11.1. The number of hydrogen-bond donors (Lipinski definition) is 1. The molecule has 2 saturated heterocycles. The molecule has 2 fully saturated rings. The van der Waals surface area contributed by atoms with Crippen LogP contribution in [0.2, 0.25) is 0 Å². The molecule has 0 bridgehead atoms. The van der Waals surface area contributed by atoms with Gasteiger partial charge in [0, 0.05) is 32.1 Å². The minimum absolute atomic E-state index is 0.00473. The molecule has 3 atom stereocenters. The highest BCUT2D eigenvalue weighted by Gasteiger charge is 2.39. The van der Waals surface area contributed by atoms with E-state index in [1.54, 1.807) is 0 Å². The van der Waals surface area contributed by atoms with Gasteiger partial charge in [0.1, 0.15) is 0 Å². The van der Waals surface area contributed by atoms with Crippen LogP contribution >= 0.6 is 0 Å². The molecule has 0 spiro atoms. The van der Waals surface area contributed by atoms with Crippen molar-refractivity contribution in [3.05, 3.63) is 35.9 Å². The van der Waals surface area contributed by atoms with Gasteiger partial charge in [0.15, 0.2) is 0 Å². The van der Waals surface area contributed by atoms with Crippen molar-refractivity contribution in [2.24, 2.45) is 11.7 Å². The average molecular weight is 315 g/mol. The normalized spacial score (nSPS) is 26.4. The van der Waals surface area contributed by atoms with E-state index in [1.165, 1.54) is 0 Å². The van der Waals surface area contributed by atoms with Crippen LogP contribution in [0.4, 0.5) is 0 Å². The van der Waals surface area contributed by atoms with E-state index in [-0.39, 0.29) is 29.8 Å². The van der Waals surface area contributed by atoms with Gasteiger partial charge in [-0.25, -0.2) is 0 Å². The van der Waals surface area contributed by atoms with Gasteiger partial charge >= 0.3 is 0 Å². The maximum absolute atomic E-state index is 12.7. The molecule has 2 aliphatic rings. The van der Waals surface area contributed by atoms with Gasteiger partial charge in [-0.3, -0.25) is 9.59 Å². The van der Waals surface area contributed by atoms with Crippen molar-refractivity contribution in [2.45, 2.75) is 38.3 Å². The van der Waals surface area contributed by atoms with Crippen molar-refractivity contribution in [3.8, 4) is 0 Å². The van der Waals surface area contributed by atoms with Crippen LogP contribution < -0.4 is 5.73 Å². The van der Waals surface area contributed by atoms with Crippen LogP contribution in [0.15, 0.2) is 30.3 Å². The summed E-state index contributed by atoms with van der Waals surface area (Å²) in [5.41, 5.74) is 7.07. The van der Waals surface area contributed by atoms with Crippen molar-refractivity contribution in [1.29, 1.82) is 0 Å². The predicted octanol–water partition coefficient (Wildman–Crippen LogP) is 1.55. The fourth-order valence-electron chi connectivity index (χ4n) is 3.65. The third kappa shape index (κ3) is 3.39. The molecule has 2 N–H and O–H groups in total. The molecule has 1 aromatic carbocycles. The van der Waals surface area contributed by atoms with Crippen LogP contribution in [-0.2, 0) is 9.59 Å². The van der Waals surface area contributed by atoms with Gasteiger partial charge in [-0.2, -0.15) is 0 Å². The van der Waals surface area contributed by atoms with Gasteiger partial charge in [-0.1, -0.05) is 30.3 Å². The fourth-order valence-corrected chi connectivity index (χ4v) is 3.65. The first-order valence-electron chi connectivity index (χ1n) is 8.45. The van der Waals surface area contributed by atoms with Gasteiger partial charge in [-0.05, 0) is 25.3 Å². The lowest BCUT2D eigenvalue weighted by molar-refractivity contribution is -0.137. The molecule has 124 valence electrons. The third-order valence-corrected chi connectivity index (χ3v) is 5.03. The van der Waals surface area contributed by atoms with Gasteiger partial charge in [0.2, 0.25) is 11.8 Å². The predicted molar refractivity (Wildman–Crippen MR) is 88.5 cm³/mol. The zero-order valence-electron chi connectivity index (χ0n) is 13.6. The first-order valence-corrected chi connectivity index (χ1v) is 8.45. The molecule has 0 radical (unpaired) electrons. The lowest BCUT2D eigenvalue weighted by Crippen LogP contribution is -2.48. The Morgan fingerprint density at radius 1 is 1.26 bits per heavy atom. The van der Waals surface area contributed by atoms with Crippen LogP contribution in [-0.4, -0.2) is 47.3 Å². The highest BCUT2D eigenvalue weighted by molar-refractivity contribution is 5.89. The Morgan fingerprint density at radius 2 is 2.00 bits per heavy atom. The number of piperidine rings is 1. The summed E-state index contributed by atoms with van der Waals surface area (Å²) in [6, 6.07) is 10.0. The molecule has 0 aromatic heterocycles. The van der Waals surface area contributed by atoms with Crippen molar-refractivity contribution in [2.75, 3.05) is 19.6 Å². The fraction of sp³-hybridized carbons (Fsp3) is 0.556. The van der Waals surface area contributed by atoms with E-state index in [9.17, 15) is 9.59 Å². The molecule has 2 heterocycles. The maximum Gasteiger partial charge on any atom is 0.228 e. The van der Waals surface area contributed by atoms with E-state index >= 15 is 0 Å². The Morgan fingerprint density at radius 3 is 2.70 bits per heavy atom. The molecule has 3 rings (SSSR count). The van der Waals surface area contributed by atoms with Crippen LogP contribution in [0, 0.1) is 5.92 Å². The van der Waals surface area contributed by atoms with E-state index in [4.69, 9.17) is 5.73 Å². The second kappa shape index (κ2) is 6.71. The number of carbonyl (C=O) groups is 2. The van der Waals surface area contributed by atoms with E-state index in [2.05, 4.69) is 0 Å². The molecule has 23 heavy (non-hydrogen) atoms. The Kier molecular flexibility index (Phi) is 4.66. The zero-order chi connectivity index (χ0) is 16.4. The summed E-state index contributed by atoms with van der Waals surface area (Å²) in [6.45, 7) is 3.93. The third-order valence-electron chi connectivity index (χ3n) is 5.03. The standard InChI is InChI=1S/C18H25N3O2/c1-13(14-6-3-2-4-7-14)21-11-15(10-17(21)22)18(23)20-9-5-8-16(19)12-20/h2-4,6-7,13,15-16H,5,8-12,19H2,1H3. The summed E-state index contributed by atoms with van der Waals surface area (Å²) in [5.74, 6) is -0.0590. The minimum atomic E-state index is -0.223. The molecule has 0 aliphatic carbocycles. The van der Waals surface area contributed by atoms with Crippen molar-refractivity contribution >= 4 is 11.8 Å². The summed E-state index contributed by atoms with van der Waals surface area (Å²) >= 11 is 0. The summed E-state index contributed by atoms with van der Waals surface area (Å²) in [6.07, 6.45) is 2.25. The van der Waals surface area contributed by atoms with Gasteiger partial charge in [0.25, 0.3) is 0 Å². The SMILES string of the molecule is CC(c1ccccc1)N1CC(C(=O)N2CCCC(N)C2)CC1=O. The second-order valence-corrected chi connectivity index (χ2v) is 6.72. The number of rotatable bonds is 3. The quantitative estimate of drug-likeness (QED) is 0.920. The summed E-state index contributed by atoms with van der Waals surface area (Å²) < 4.78 is 0. The smallest absolute Gasteiger partial charge is 0.228 e. The number of benzene rings is 1. The van der Waals surface area contributed by atoms with Crippen molar-refractivity contribution in [3.63, 3.8) is 0 Å². The molecule has 5 heteroatoms. The number of likely N-dealkylation sites (tertiary alicyclic amines) is 2. The molecular weight excluding hydrogens is 290 g/mol. The summed E-state index contributed by atoms with van der Waals surface area (Å²) in [4.78, 5) is 28.8. The van der Waals surface area contributed by atoms with Crippen LogP contribution in [0.1, 0.15) is 37.8 Å². The van der Waals surface area contributed by atoms with E-state index in [0.29, 0.717) is 19.5 Å². The van der Waals surface area contributed by atoms with Crippen molar-refractivity contribution in [1.82, 2.24) is 9.80 Å².